The van der Waals surface area contributed by atoms with Crippen LogP contribution in [0.5, 0.6) is 11.6 Å². The highest BCUT2D eigenvalue weighted by Gasteiger charge is 2.13. The molecular weight excluding hydrogens is 274 g/mol. The van der Waals surface area contributed by atoms with E-state index in [1.807, 2.05) is 25.1 Å². The maximum absolute atomic E-state index is 6.12. The Hall–Kier alpha value is -1.81. The minimum Gasteiger partial charge on any atom is -0.437 e. The Kier molecular flexibility index (Phi) is 5.18. The fourth-order valence-corrected chi connectivity index (χ4v) is 2.09. The zero-order chi connectivity index (χ0) is 14.4. The summed E-state index contributed by atoms with van der Waals surface area (Å²) in [5.41, 5.74) is 0.983. The van der Waals surface area contributed by atoms with E-state index in [1.165, 1.54) is 6.33 Å². The van der Waals surface area contributed by atoms with Crippen LogP contribution in [0.2, 0.25) is 5.02 Å². The van der Waals surface area contributed by atoms with Crippen molar-refractivity contribution < 1.29 is 4.74 Å². The Morgan fingerprint density at radius 3 is 2.70 bits per heavy atom. The molecule has 1 heterocycles. The van der Waals surface area contributed by atoms with E-state index in [4.69, 9.17) is 16.3 Å². The van der Waals surface area contributed by atoms with Crippen molar-refractivity contribution in [2.75, 3.05) is 11.9 Å². The van der Waals surface area contributed by atoms with Gasteiger partial charge in [0.2, 0.25) is 5.88 Å². The lowest BCUT2D eigenvalue weighted by Crippen LogP contribution is -2.06. The summed E-state index contributed by atoms with van der Waals surface area (Å²) in [7, 11) is 0. The maximum Gasteiger partial charge on any atom is 0.227 e. The van der Waals surface area contributed by atoms with Gasteiger partial charge in [0.1, 0.15) is 17.9 Å². The number of ether oxygens (including phenoxy) is 1. The largest absolute Gasteiger partial charge is 0.437 e. The zero-order valence-corrected chi connectivity index (χ0v) is 12.4. The second kappa shape index (κ2) is 7.10. The molecule has 0 atom stereocenters. The SMILES string of the molecule is CCCc1c(NCC)ncnc1Oc1ccccc1Cl. The number of halogens is 1. The van der Waals surface area contributed by atoms with Crippen molar-refractivity contribution in [3.05, 3.63) is 41.2 Å². The number of rotatable bonds is 6. The van der Waals surface area contributed by atoms with Crippen LogP contribution < -0.4 is 10.1 Å². The van der Waals surface area contributed by atoms with Crippen LogP contribution in [-0.4, -0.2) is 16.5 Å². The third-order valence-electron chi connectivity index (χ3n) is 2.79. The molecule has 4 nitrogen and oxygen atoms in total. The Balaban J connectivity index is 2.35. The van der Waals surface area contributed by atoms with Crippen molar-refractivity contribution in [3.63, 3.8) is 0 Å². The molecule has 0 aliphatic carbocycles. The van der Waals surface area contributed by atoms with Crippen LogP contribution in [0.1, 0.15) is 25.8 Å². The molecule has 0 saturated carbocycles. The Labute approximate surface area is 124 Å². The molecule has 5 heteroatoms. The fraction of sp³-hybridized carbons (Fsp3) is 0.333. The van der Waals surface area contributed by atoms with Crippen LogP contribution >= 0.6 is 11.6 Å². The molecule has 1 aromatic heterocycles. The monoisotopic (exact) mass is 291 g/mol. The van der Waals surface area contributed by atoms with E-state index in [-0.39, 0.29) is 0 Å². The van der Waals surface area contributed by atoms with Gasteiger partial charge in [0.15, 0.2) is 0 Å². The van der Waals surface area contributed by atoms with Crippen LogP contribution in [0.4, 0.5) is 5.82 Å². The molecule has 0 unspecified atom stereocenters. The average Bonchev–Trinajstić information content (AvgIpc) is 2.45. The highest BCUT2D eigenvalue weighted by atomic mass is 35.5. The van der Waals surface area contributed by atoms with E-state index in [9.17, 15) is 0 Å². The van der Waals surface area contributed by atoms with Crippen molar-refractivity contribution in [3.8, 4) is 11.6 Å². The van der Waals surface area contributed by atoms with E-state index in [1.54, 1.807) is 6.07 Å². The van der Waals surface area contributed by atoms with Gasteiger partial charge in [-0.1, -0.05) is 37.1 Å². The maximum atomic E-state index is 6.12. The number of hydrogen-bond donors (Lipinski definition) is 1. The molecule has 0 aliphatic rings. The van der Waals surface area contributed by atoms with Gasteiger partial charge in [-0.05, 0) is 25.5 Å². The molecule has 0 saturated heterocycles. The van der Waals surface area contributed by atoms with Crippen molar-refractivity contribution in [1.82, 2.24) is 9.97 Å². The smallest absolute Gasteiger partial charge is 0.227 e. The van der Waals surface area contributed by atoms with Gasteiger partial charge in [0.25, 0.3) is 0 Å². The molecular formula is C15H18ClN3O. The Morgan fingerprint density at radius 1 is 1.20 bits per heavy atom. The van der Waals surface area contributed by atoms with E-state index >= 15 is 0 Å². The third kappa shape index (κ3) is 3.39. The van der Waals surface area contributed by atoms with Crippen LogP contribution in [0, 0.1) is 0 Å². The molecule has 0 bridgehead atoms. The zero-order valence-electron chi connectivity index (χ0n) is 11.7. The lowest BCUT2D eigenvalue weighted by atomic mass is 10.1. The number of anilines is 1. The standard InChI is InChI=1S/C15H18ClN3O/c1-3-7-11-14(17-4-2)18-10-19-15(11)20-13-9-6-5-8-12(13)16/h5-6,8-10H,3-4,7H2,1-2H3,(H,17,18,19). The molecule has 106 valence electrons. The summed E-state index contributed by atoms with van der Waals surface area (Å²) in [4.78, 5) is 8.52. The third-order valence-corrected chi connectivity index (χ3v) is 3.11. The average molecular weight is 292 g/mol. The van der Waals surface area contributed by atoms with Crippen molar-refractivity contribution in [2.45, 2.75) is 26.7 Å². The molecule has 1 aromatic carbocycles. The van der Waals surface area contributed by atoms with Crippen molar-refractivity contribution in [1.29, 1.82) is 0 Å². The Bertz CT molecular complexity index is 575. The molecule has 0 spiro atoms. The number of para-hydroxylation sites is 1. The summed E-state index contributed by atoms with van der Waals surface area (Å²) >= 11 is 6.12. The lowest BCUT2D eigenvalue weighted by molar-refractivity contribution is 0.454. The van der Waals surface area contributed by atoms with Gasteiger partial charge in [-0.2, -0.15) is 0 Å². The number of hydrogen-bond acceptors (Lipinski definition) is 4. The molecule has 2 aromatic rings. The summed E-state index contributed by atoms with van der Waals surface area (Å²) in [6.45, 7) is 4.95. The second-order valence-electron chi connectivity index (χ2n) is 4.32. The van der Waals surface area contributed by atoms with Gasteiger partial charge < -0.3 is 10.1 Å². The van der Waals surface area contributed by atoms with Crippen LogP contribution in [0.15, 0.2) is 30.6 Å². The first-order chi connectivity index (χ1) is 9.76. The summed E-state index contributed by atoms with van der Waals surface area (Å²) in [5, 5.41) is 3.81. The molecule has 2 rings (SSSR count). The summed E-state index contributed by atoms with van der Waals surface area (Å²) in [5.74, 6) is 1.99. The van der Waals surface area contributed by atoms with E-state index in [0.29, 0.717) is 16.7 Å². The number of benzene rings is 1. The predicted molar refractivity (Wildman–Crippen MR) is 81.7 cm³/mol. The number of nitrogens with one attached hydrogen (secondary N) is 1. The van der Waals surface area contributed by atoms with Gasteiger partial charge in [-0.15, -0.1) is 0 Å². The van der Waals surface area contributed by atoms with Gasteiger partial charge in [0.05, 0.1) is 10.6 Å². The fourth-order valence-electron chi connectivity index (χ4n) is 1.91. The highest BCUT2D eigenvalue weighted by Crippen LogP contribution is 2.32. The minimum atomic E-state index is 0.561. The summed E-state index contributed by atoms with van der Waals surface area (Å²) < 4.78 is 5.86. The van der Waals surface area contributed by atoms with Crippen LogP contribution in [-0.2, 0) is 6.42 Å². The van der Waals surface area contributed by atoms with Gasteiger partial charge in [-0.25, -0.2) is 9.97 Å². The minimum absolute atomic E-state index is 0.561. The molecule has 0 amide bonds. The predicted octanol–water partition coefficient (Wildman–Crippen LogP) is 4.31. The van der Waals surface area contributed by atoms with E-state index in [0.717, 1.165) is 30.8 Å². The van der Waals surface area contributed by atoms with E-state index in [2.05, 4.69) is 22.2 Å². The van der Waals surface area contributed by atoms with Crippen LogP contribution in [0.3, 0.4) is 0 Å². The summed E-state index contributed by atoms with van der Waals surface area (Å²) in [6, 6.07) is 7.37. The van der Waals surface area contributed by atoms with Crippen LogP contribution in [0.25, 0.3) is 0 Å². The lowest BCUT2D eigenvalue weighted by Gasteiger charge is -2.14. The Morgan fingerprint density at radius 2 is 2.00 bits per heavy atom. The highest BCUT2D eigenvalue weighted by molar-refractivity contribution is 6.32. The first-order valence-electron chi connectivity index (χ1n) is 6.76. The van der Waals surface area contributed by atoms with Crippen molar-refractivity contribution in [2.24, 2.45) is 0 Å². The van der Waals surface area contributed by atoms with E-state index < -0.39 is 0 Å². The molecule has 20 heavy (non-hydrogen) atoms. The number of nitrogens with zero attached hydrogens (tertiary/aromatic N) is 2. The quantitative estimate of drug-likeness (QED) is 0.861. The first-order valence-corrected chi connectivity index (χ1v) is 7.14. The van der Waals surface area contributed by atoms with Gasteiger partial charge >= 0.3 is 0 Å². The molecule has 0 aliphatic heterocycles. The van der Waals surface area contributed by atoms with Gasteiger partial charge in [-0.3, -0.25) is 0 Å². The molecule has 0 radical (unpaired) electrons. The molecule has 0 fully saturated rings. The number of aromatic nitrogens is 2. The topological polar surface area (TPSA) is 47.0 Å². The summed E-state index contributed by atoms with van der Waals surface area (Å²) in [6.07, 6.45) is 3.34. The normalized spacial score (nSPS) is 10.3. The van der Waals surface area contributed by atoms with Gasteiger partial charge in [0, 0.05) is 6.54 Å². The second-order valence-corrected chi connectivity index (χ2v) is 4.73. The van der Waals surface area contributed by atoms with Crippen molar-refractivity contribution >= 4 is 17.4 Å². The molecule has 1 N–H and O–H groups in total. The first kappa shape index (κ1) is 14.6.